The minimum atomic E-state index is -1.27. The maximum Gasteiger partial charge on any atom is 0.328 e. The van der Waals surface area contributed by atoms with Gasteiger partial charge in [0.1, 0.15) is 5.60 Å². The molecular formula is C27H38O4. The zero-order valence-corrected chi connectivity index (χ0v) is 19.7. The van der Waals surface area contributed by atoms with Crippen molar-refractivity contribution in [3.8, 4) is 0 Å². The molecule has 1 aliphatic carbocycles. The predicted octanol–water partition coefficient (Wildman–Crippen LogP) is 5.83. The zero-order chi connectivity index (χ0) is 23.7. The van der Waals surface area contributed by atoms with Crippen LogP contribution in [0.5, 0.6) is 0 Å². The highest BCUT2D eigenvalue weighted by atomic mass is 16.4. The maximum atomic E-state index is 11.3. The van der Waals surface area contributed by atoms with Crippen LogP contribution in [0.4, 0.5) is 0 Å². The van der Waals surface area contributed by atoms with Crippen molar-refractivity contribution in [1.29, 1.82) is 0 Å². The van der Waals surface area contributed by atoms with Gasteiger partial charge in [-0.05, 0) is 58.4 Å². The van der Waals surface area contributed by atoms with Crippen LogP contribution in [0.1, 0.15) is 60.8 Å². The molecule has 3 N–H and O–H groups in total. The van der Waals surface area contributed by atoms with E-state index in [4.69, 9.17) is 5.11 Å². The van der Waals surface area contributed by atoms with Gasteiger partial charge in [-0.15, -0.1) is 0 Å². The molecule has 0 aliphatic heterocycles. The monoisotopic (exact) mass is 426 g/mol. The molecule has 0 unspecified atom stereocenters. The number of hydrogen-bond acceptors (Lipinski definition) is 3. The molecule has 0 spiro atoms. The molecular weight excluding hydrogens is 388 g/mol. The van der Waals surface area contributed by atoms with Crippen molar-refractivity contribution in [2.24, 2.45) is 5.41 Å². The Kier molecular flexibility index (Phi) is 9.67. The standard InChI is InChI=1S/C27H38O4/c1-21(11-7-8-12-22(2)15-16-24(28)29)13-9-14-23(3)17-20-27(31)25(4,5)18-10-19-26(27,6)30/h7-9,11-17,20,30-31H,10,18-19H2,1-6H3,(H,28,29)/t26-,27-/m0/s1. The van der Waals surface area contributed by atoms with Gasteiger partial charge >= 0.3 is 5.97 Å². The van der Waals surface area contributed by atoms with Gasteiger partial charge in [-0.2, -0.15) is 0 Å². The summed E-state index contributed by atoms with van der Waals surface area (Å²) in [6.07, 6.45) is 22.1. The van der Waals surface area contributed by atoms with Crippen LogP contribution in [-0.4, -0.2) is 32.5 Å². The molecule has 1 rings (SSSR count). The van der Waals surface area contributed by atoms with Crippen molar-refractivity contribution >= 4 is 5.97 Å². The molecule has 2 atom stereocenters. The Hall–Kier alpha value is -2.43. The van der Waals surface area contributed by atoms with Crippen LogP contribution >= 0.6 is 0 Å². The summed E-state index contributed by atoms with van der Waals surface area (Å²) in [5.74, 6) is -0.960. The third-order valence-electron chi connectivity index (χ3n) is 5.94. The zero-order valence-electron chi connectivity index (χ0n) is 19.7. The molecule has 0 amide bonds. The van der Waals surface area contributed by atoms with E-state index in [-0.39, 0.29) is 0 Å². The summed E-state index contributed by atoms with van der Waals surface area (Å²) in [6.45, 7) is 11.5. The number of carboxylic acids is 1. The fourth-order valence-corrected chi connectivity index (χ4v) is 3.78. The van der Waals surface area contributed by atoms with Crippen molar-refractivity contribution < 1.29 is 20.1 Å². The minimum Gasteiger partial charge on any atom is -0.478 e. The van der Waals surface area contributed by atoms with E-state index in [9.17, 15) is 15.0 Å². The van der Waals surface area contributed by atoms with E-state index >= 15 is 0 Å². The van der Waals surface area contributed by atoms with E-state index in [1.54, 1.807) is 19.1 Å². The molecule has 0 aromatic heterocycles. The highest BCUT2D eigenvalue weighted by Gasteiger charge is 2.56. The van der Waals surface area contributed by atoms with Gasteiger partial charge in [0.15, 0.2) is 0 Å². The first-order valence-electron chi connectivity index (χ1n) is 10.7. The van der Waals surface area contributed by atoms with Crippen LogP contribution in [0.3, 0.4) is 0 Å². The molecule has 0 bridgehead atoms. The Bertz CT molecular complexity index is 826. The Balaban J connectivity index is 2.78. The van der Waals surface area contributed by atoms with Crippen molar-refractivity contribution in [3.63, 3.8) is 0 Å². The lowest BCUT2D eigenvalue weighted by Crippen LogP contribution is -2.62. The highest BCUT2D eigenvalue weighted by Crippen LogP contribution is 2.50. The summed E-state index contributed by atoms with van der Waals surface area (Å²) < 4.78 is 0. The topological polar surface area (TPSA) is 77.8 Å². The number of rotatable bonds is 8. The van der Waals surface area contributed by atoms with E-state index in [2.05, 4.69) is 0 Å². The quantitative estimate of drug-likeness (QED) is 0.337. The van der Waals surface area contributed by atoms with Crippen LogP contribution in [0.2, 0.25) is 0 Å². The predicted molar refractivity (Wildman–Crippen MR) is 129 cm³/mol. The molecule has 1 fully saturated rings. The summed E-state index contributed by atoms with van der Waals surface area (Å²) in [5.41, 5.74) is 0.0721. The van der Waals surface area contributed by atoms with Gasteiger partial charge < -0.3 is 15.3 Å². The fourth-order valence-electron chi connectivity index (χ4n) is 3.78. The van der Waals surface area contributed by atoms with Crippen LogP contribution in [0.25, 0.3) is 0 Å². The Morgan fingerprint density at radius 1 is 0.742 bits per heavy atom. The molecule has 0 saturated heterocycles. The van der Waals surface area contributed by atoms with Crippen molar-refractivity contribution in [1.82, 2.24) is 0 Å². The molecule has 0 heterocycles. The largest absolute Gasteiger partial charge is 0.478 e. The molecule has 0 radical (unpaired) electrons. The van der Waals surface area contributed by atoms with Gasteiger partial charge in [0.25, 0.3) is 0 Å². The lowest BCUT2D eigenvalue weighted by molar-refractivity contribution is -0.194. The van der Waals surface area contributed by atoms with Crippen molar-refractivity contribution in [2.45, 2.75) is 72.0 Å². The first-order chi connectivity index (χ1) is 14.3. The first kappa shape index (κ1) is 26.6. The van der Waals surface area contributed by atoms with Gasteiger partial charge in [0.05, 0.1) is 5.60 Å². The van der Waals surface area contributed by atoms with Gasteiger partial charge in [-0.25, -0.2) is 4.79 Å². The van der Waals surface area contributed by atoms with Crippen LogP contribution < -0.4 is 0 Å². The molecule has 170 valence electrons. The number of aliphatic hydroxyl groups is 2. The summed E-state index contributed by atoms with van der Waals surface area (Å²) in [7, 11) is 0. The van der Waals surface area contributed by atoms with E-state index in [0.717, 1.165) is 35.6 Å². The van der Waals surface area contributed by atoms with E-state index in [1.807, 2.05) is 83.2 Å². The molecule has 4 nitrogen and oxygen atoms in total. The second-order valence-corrected chi connectivity index (χ2v) is 9.26. The Labute approximate surface area is 187 Å². The summed E-state index contributed by atoms with van der Waals surface area (Å²) in [6, 6.07) is 0. The Morgan fingerprint density at radius 3 is 1.81 bits per heavy atom. The van der Waals surface area contributed by atoms with Gasteiger partial charge in [-0.1, -0.05) is 85.3 Å². The smallest absolute Gasteiger partial charge is 0.328 e. The summed E-state index contributed by atoms with van der Waals surface area (Å²) >= 11 is 0. The Morgan fingerprint density at radius 2 is 1.26 bits per heavy atom. The van der Waals surface area contributed by atoms with Crippen LogP contribution in [0, 0.1) is 5.41 Å². The molecule has 4 heteroatoms. The van der Waals surface area contributed by atoms with Crippen LogP contribution in [-0.2, 0) is 4.79 Å². The van der Waals surface area contributed by atoms with Crippen LogP contribution in [0.15, 0.2) is 83.6 Å². The van der Waals surface area contributed by atoms with Crippen molar-refractivity contribution in [3.05, 3.63) is 83.6 Å². The third kappa shape index (κ3) is 7.97. The lowest BCUT2D eigenvalue weighted by Gasteiger charge is -2.53. The van der Waals surface area contributed by atoms with Gasteiger partial charge in [-0.3, -0.25) is 0 Å². The SMILES string of the molecule is CC(C=CC=C(C)C=C[C@]1(O)C(C)(C)CCC[C@]1(C)O)=CC=CC=C(C)C=CC(=O)O. The number of carboxylic acid groups (broad SMARTS) is 1. The number of allylic oxidation sites excluding steroid dienone is 12. The van der Waals surface area contributed by atoms with E-state index < -0.39 is 22.6 Å². The summed E-state index contributed by atoms with van der Waals surface area (Å²) in [4.78, 5) is 10.5. The van der Waals surface area contributed by atoms with Gasteiger partial charge in [0.2, 0.25) is 0 Å². The molecule has 0 aromatic rings. The molecule has 1 aliphatic rings. The van der Waals surface area contributed by atoms with Gasteiger partial charge in [0, 0.05) is 6.08 Å². The number of aliphatic carboxylic acids is 1. The second-order valence-electron chi connectivity index (χ2n) is 9.26. The molecule has 0 aromatic carbocycles. The minimum absolute atomic E-state index is 0.400. The highest BCUT2D eigenvalue weighted by molar-refractivity contribution is 5.80. The average Bonchev–Trinajstić information content (AvgIpc) is 2.66. The summed E-state index contributed by atoms with van der Waals surface area (Å²) in [5, 5.41) is 30.7. The fraction of sp³-hybridized carbons (Fsp3) is 0.444. The number of carbonyl (C=O) groups is 1. The lowest BCUT2D eigenvalue weighted by atomic mass is 9.58. The average molecular weight is 427 g/mol. The molecule has 1 saturated carbocycles. The third-order valence-corrected chi connectivity index (χ3v) is 5.94. The molecule has 31 heavy (non-hydrogen) atoms. The normalized spacial score (nSPS) is 28.5. The number of hydrogen-bond donors (Lipinski definition) is 3. The second kappa shape index (κ2) is 11.3. The first-order valence-corrected chi connectivity index (χ1v) is 10.7. The van der Waals surface area contributed by atoms with E-state index in [0.29, 0.717) is 6.42 Å². The van der Waals surface area contributed by atoms with Crippen molar-refractivity contribution in [2.75, 3.05) is 0 Å². The maximum absolute atomic E-state index is 11.3. The van der Waals surface area contributed by atoms with E-state index in [1.165, 1.54) is 0 Å².